The van der Waals surface area contributed by atoms with Crippen LogP contribution in [0.25, 0.3) is 9.88 Å². The molecule has 156 valence electrons. The molecule has 7 nitrogen and oxygen atoms in total. The zero-order chi connectivity index (χ0) is 20.9. The van der Waals surface area contributed by atoms with Gasteiger partial charge in [-0.3, -0.25) is 4.90 Å². The Balaban J connectivity index is 1.35. The van der Waals surface area contributed by atoms with Gasteiger partial charge < -0.3 is 14.0 Å². The third kappa shape index (κ3) is 4.86. The second kappa shape index (κ2) is 9.38. The average molecular weight is 443 g/mol. The van der Waals surface area contributed by atoms with Gasteiger partial charge >= 0.3 is 0 Å². The summed E-state index contributed by atoms with van der Waals surface area (Å²) >= 11 is 3.37. The maximum atomic E-state index is 5.44. The molecule has 30 heavy (non-hydrogen) atoms. The van der Waals surface area contributed by atoms with E-state index in [2.05, 4.69) is 31.9 Å². The molecule has 9 heteroatoms. The van der Waals surface area contributed by atoms with E-state index in [0.717, 1.165) is 22.8 Å². The summed E-state index contributed by atoms with van der Waals surface area (Å²) in [6.45, 7) is 1.28. The normalized spacial score (nSPS) is 11.2. The average Bonchev–Trinajstić information content (AvgIpc) is 3.50. The fraction of sp³-hybridized carbons (Fsp3) is 0.286. The molecule has 0 aliphatic heterocycles. The van der Waals surface area contributed by atoms with Gasteiger partial charge in [-0.25, -0.2) is 4.98 Å². The van der Waals surface area contributed by atoms with Crippen molar-refractivity contribution >= 4 is 22.7 Å². The minimum atomic E-state index is 0.559. The molecule has 1 aromatic carbocycles. The zero-order valence-corrected chi connectivity index (χ0v) is 18.6. The fourth-order valence-corrected chi connectivity index (χ4v) is 4.68. The molecule has 0 N–H and O–H groups in total. The predicted octanol–water partition coefficient (Wildman–Crippen LogP) is 4.49. The molecule has 4 aromatic rings. The van der Waals surface area contributed by atoms with E-state index in [-0.39, 0.29) is 0 Å². The molecule has 4 rings (SSSR count). The Labute approximate surface area is 182 Å². The summed E-state index contributed by atoms with van der Waals surface area (Å²) in [5, 5.41) is 9.34. The van der Waals surface area contributed by atoms with Crippen LogP contribution in [0, 0.1) is 0 Å². The van der Waals surface area contributed by atoms with Crippen LogP contribution in [0.1, 0.15) is 23.0 Å². The smallest absolute Gasteiger partial charge is 0.240 e. The Morgan fingerprint density at radius 2 is 1.90 bits per heavy atom. The van der Waals surface area contributed by atoms with Crippen LogP contribution >= 0.6 is 22.7 Å². The van der Waals surface area contributed by atoms with Crippen LogP contribution in [0.15, 0.2) is 45.6 Å². The third-order valence-electron chi connectivity index (χ3n) is 4.44. The zero-order valence-electron chi connectivity index (χ0n) is 17.0. The minimum Gasteiger partial charge on any atom is -0.493 e. The summed E-state index contributed by atoms with van der Waals surface area (Å²) < 4.78 is 16.1. The van der Waals surface area contributed by atoms with E-state index in [9.17, 15) is 0 Å². The van der Waals surface area contributed by atoms with Crippen molar-refractivity contribution in [2.24, 2.45) is 0 Å². The number of thiazole rings is 1. The Bertz CT molecular complexity index is 1090. The van der Waals surface area contributed by atoms with Gasteiger partial charge in [0.05, 0.1) is 31.3 Å². The molecule has 0 atom stereocenters. The standard InChI is InChI=1S/C21H22N4O3S2/c1-25(11-15-13-30-21(22-15)18-5-4-8-29-18)12-20-23-19(24-28-20)10-14-6-7-16(26-2)17(9-14)27-3/h4-9,13H,10-12H2,1-3H3. The Kier molecular flexibility index (Phi) is 6.41. The van der Waals surface area contributed by atoms with Gasteiger partial charge in [0.25, 0.3) is 0 Å². The van der Waals surface area contributed by atoms with Gasteiger partial charge in [0.15, 0.2) is 17.3 Å². The van der Waals surface area contributed by atoms with E-state index < -0.39 is 0 Å². The Morgan fingerprint density at radius 1 is 1.03 bits per heavy atom. The molecule has 0 saturated carbocycles. The van der Waals surface area contributed by atoms with E-state index in [1.165, 1.54) is 4.88 Å². The number of hydrogen-bond acceptors (Lipinski definition) is 9. The van der Waals surface area contributed by atoms with Crippen LogP contribution in [0.4, 0.5) is 0 Å². The van der Waals surface area contributed by atoms with Crippen LogP contribution in [-0.2, 0) is 19.5 Å². The highest BCUT2D eigenvalue weighted by molar-refractivity contribution is 7.20. The van der Waals surface area contributed by atoms with Gasteiger partial charge in [0, 0.05) is 18.3 Å². The molecule has 0 aliphatic carbocycles. The van der Waals surface area contributed by atoms with Gasteiger partial charge in [-0.05, 0) is 36.2 Å². The highest BCUT2D eigenvalue weighted by Crippen LogP contribution is 2.29. The van der Waals surface area contributed by atoms with E-state index in [1.807, 2.05) is 31.3 Å². The van der Waals surface area contributed by atoms with Crippen molar-refractivity contribution in [2.45, 2.75) is 19.5 Å². The number of hydrogen-bond donors (Lipinski definition) is 0. The number of ether oxygens (including phenoxy) is 2. The van der Waals surface area contributed by atoms with Crippen molar-refractivity contribution in [1.29, 1.82) is 0 Å². The highest BCUT2D eigenvalue weighted by atomic mass is 32.1. The van der Waals surface area contributed by atoms with Crippen LogP contribution < -0.4 is 9.47 Å². The lowest BCUT2D eigenvalue weighted by Crippen LogP contribution is -2.17. The Hall–Kier alpha value is -2.75. The molecule has 3 heterocycles. The lowest BCUT2D eigenvalue weighted by Gasteiger charge is -2.11. The van der Waals surface area contributed by atoms with Gasteiger partial charge in [0.1, 0.15) is 5.01 Å². The summed E-state index contributed by atoms with van der Waals surface area (Å²) in [6, 6.07) is 9.91. The quantitative estimate of drug-likeness (QED) is 0.378. The van der Waals surface area contributed by atoms with Crippen LogP contribution in [0.2, 0.25) is 0 Å². The first kappa shape index (κ1) is 20.5. The van der Waals surface area contributed by atoms with Gasteiger partial charge in [-0.15, -0.1) is 22.7 Å². The lowest BCUT2D eigenvalue weighted by atomic mass is 10.1. The maximum absolute atomic E-state index is 5.44. The van der Waals surface area contributed by atoms with Crippen molar-refractivity contribution in [1.82, 2.24) is 20.0 Å². The first-order valence-corrected chi connectivity index (χ1v) is 11.1. The van der Waals surface area contributed by atoms with Gasteiger partial charge in [0.2, 0.25) is 5.89 Å². The minimum absolute atomic E-state index is 0.559. The first-order valence-electron chi connectivity index (χ1n) is 9.34. The number of thiophene rings is 1. The van der Waals surface area contributed by atoms with E-state index in [1.54, 1.807) is 36.9 Å². The Morgan fingerprint density at radius 3 is 2.67 bits per heavy atom. The number of nitrogens with zero attached hydrogens (tertiary/aromatic N) is 4. The van der Waals surface area contributed by atoms with Crippen molar-refractivity contribution in [3.8, 4) is 21.4 Å². The summed E-state index contributed by atoms with van der Waals surface area (Å²) in [6.07, 6.45) is 0.559. The highest BCUT2D eigenvalue weighted by Gasteiger charge is 2.13. The number of aromatic nitrogens is 3. The molecule has 0 bridgehead atoms. The molecule has 0 aliphatic rings. The SMILES string of the molecule is COc1ccc(Cc2noc(CN(C)Cc3csc(-c4cccs4)n3)n2)cc1OC. The third-order valence-corrected chi connectivity index (χ3v) is 6.37. The molecule has 0 amide bonds. The number of benzene rings is 1. The van der Waals surface area contributed by atoms with E-state index >= 15 is 0 Å². The summed E-state index contributed by atoms with van der Waals surface area (Å²) in [7, 11) is 5.26. The summed E-state index contributed by atoms with van der Waals surface area (Å²) in [5.74, 6) is 2.60. The van der Waals surface area contributed by atoms with Crippen molar-refractivity contribution < 1.29 is 14.0 Å². The maximum Gasteiger partial charge on any atom is 0.240 e. The monoisotopic (exact) mass is 442 g/mol. The van der Waals surface area contributed by atoms with Crippen LogP contribution in [0.3, 0.4) is 0 Å². The number of rotatable bonds is 9. The van der Waals surface area contributed by atoms with Gasteiger partial charge in [-0.2, -0.15) is 4.98 Å². The van der Waals surface area contributed by atoms with Crippen LogP contribution in [0.5, 0.6) is 11.5 Å². The molecule has 0 radical (unpaired) electrons. The molecule has 0 spiro atoms. The van der Waals surface area contributed by atoms with Gasteiger partial charge in [-0.1, -0.05) is 17.3 Å². The second-order valence-electron chi connectivity index (χ2n) is 6.76. The molecule has 0 fully saturated rings. The number of methoxy groups -OCH3 is 2. The van der Waals surface area contributed by atoms with E-state index in [4.69, 9.17) is 19.0 Å². The largest absolute Gasteiger partial charge is 0.493 e. The van der Waals surface area contributed by atoms with Crippen LogP contribution in [-0.4, -0.2) is 41.3 Å². The molecular formula is C21H22N4O3S2. The molecule has 0 unspecified atom stereocenters. The molecule has 0 saturated heterocycles. The predicted molar refractivity (Wildman–Crippen MR) is 117 cm³/mol. The van der Waals surface area contributed by atoms with Crippen molar-refractivity contribution in [2.75, 3.05) is 21.3 Å². The molecule has 3 aromatic heterocycles. The first-order chi connectivity index (χ1) is 14.6. The topological polar surface area (TPSA) is 73.5 Å². The van der Waals surface area contributed by atoms with Crippen molar-refractivity contribution in [3.05, 3.63) is 64.1 Å². The second-order valence-corrected chi connectivity index (χ2v) is 8.57. The fourth-order valence-electron chi connectivity index (χ4n) is 3.06. The van der Waals surface area contributed by atoms with Crippen molar-refractivity contribution in [3.63, 3.8) is 0 Å². The molecular weight excluding hydrogens is 420 g/mol. The lowest BCUT2D eigenvalue weighted by molar-refractivity contribution is 0.258. The summed E-state index contributed by atoms with van der Waals surface area (Å²) in [4.78, 5) is 12.6. The van der Waals surface area contributed by atoms with E-state index in [0.29, 0.717) is 36.2 Å². The summed E-state index contributed by atoms with van der Waals surface area (Å²) in [5.41, 5.74) is 2.06.